The van der Waals surface area contributed by atoms with Crippen LogP contribution in [0.5, 0.6) is 0 Å². The third-order valence-corrected chi connectivity index (χ3v) is 4.47. The molecule has 0 saturated carbocycles. The Kier molecular flexibility index (Phi) is 7.20. The molecule has 2 rings (SSSR count). The van der Waals surface area contributed by atoms with Gasteiger partial charge in [0.05, 0.1) is 0 Å². The van der Waals surface area contributed by atoms with E-state index in [1.54, 1.807) is 6.07 Å². The summed E-state index contributed by atoms with van der Waals surface area (Å²) in [5.74, 6) is -0.118. The van der Waals surface area contributed by atoms with E-state index in [4.69, 9.17) is 12.2 Å². The molecule has 1 heterocycles. The summed E-state index contributed by atoms with van der Waals surface area (Å²) in [5, 5.41) is 4.18. The van der Waals surface area contributed by atoms with Crippen LogP contribution >= 0.6 is 12.2 Å². The number of piperazine rings is 1. The summed E-state index contributed by atoms with van der Waals surface area (Å²) in [6.07, 6.45) is 1.08. The van der Waals surface area contributed by atoms with Gasteiger partial charge < -0.3 is 15.1 Å². The summed E-state index contributed by atoms with van der Waals surface area (Å²) in [6.45, 7) is 6.26. The van der Waals surface area contributed by atoms with Gasteiger partial charge in [-0.2, -0.15) is 0 Å². The minimum atomic E-state index is -0.118. The molecule has 0 amide bonds. The van der Waals surface area contributed by atoms with Crippen LogP contribution in [0.25, 0.3) is 0 Å². The van der Waals surface area contributed by atoms with Crippen molar-refractivity contribution in [2.75, 3.05) is 53.4 Å². The molecule has 0 unspecified atom stereocenters. The summed E-state index contributed by atoms with van der Waals surface area (Å²) in [4.78, 5) is 6.67. The number of thiocarbonyl (C=S) groups is 1. The maximum Gasteiger partial charge on any atom is 0.169 e. The molecule has 6 heteroatoms. The fourth-order valence-electron chi connectivity index (χ4n) is 2.68. The first-order valence-corrected chi connectivity index (χ1v) is 8.60. The van der Waals surface area contributed by atoms with Crippen molar-refractivity contribution in [3.05, 3.63) is 35.6 Å². The molecule has 0 atom stereocenters. The standard InChI is InChI=1S/C17H27FN4S/c1-20(2)9-5-8-19-17(23)22-12-10-21(11-13-22)14-15-6-3-4-7-16(15)18/h3-4,6-7H,5,8-14H2,1-2H3,(H,19,23). The average molecular weight is 338 g/mol. The number of nitrogens with zero attached hydrogens (tertiary/aromatic N) is 3. The highest BCUT2D eigenvalue weighted by Crippen LogP contribution is 2.12. The lowest BCUT2D eigenvalue weighted by atomic mass is 10.2. The molecule has 23 heavy (non-hydrogen) atoms. The van der Waals surface area contributed by atoms with Crippen LogP contribution < -0.4 is 5.32 Å². The third kappa shape index (κ3) is 6.05. The maximum absolute atomic E-state index is 13.7. The van der Waals surface area contributed by atoms with E-state index in [2.05, 4.69) is 34.1 Å². The summed E-state index contributed by atoms with van der Waals surface area (Å²) < 4.78 is 13.7. The Morgan fingerprint density at radius 2 is 1.91 bits per heavy atom. The number of benzene rings is 1. The maximum atomic E-state index is 13.7. The average Bonchev–Trinajstić information content (AvgIpc) is 2.54. The van der Waals surface area contributed by atoms with Gasteiger partial charge in [0.15, 0.2) is 5.11 Å². The summed E-state index contributed by atoms with van der Waals surface area (Å²) in [5.41, 5.74) is 0.769. The van der Waals surface area contributed by atoms with Gasteiger partial charge in [-0.05, 0) is 45.3 Å². The molecule has 1 fully saturated rings. The lowest BCUT2D eigenvalue weighted by Crippen LogP contribution is -2.51. The molecule has 0 radical (unpaired) electrons. The second kappa shape index (κ2) is 9.15. The van der Waals surface area contributed by atoms with Crippen molar-refractivity contribution in [2.45, 2.75) is 13.0 Å². The van der Waals surface area contributed by atoms with E-state index < -0.39 is 0 Å². The molecule has 0 aliphatic carbocycles. The Balaban J connectivity index is 1.69. The van der Waals surface area contributed by atoms with Gasteiger partial charge in [0.2, 0.25) is 0 Å². The van der Waals surface area contributed by atoms with Gasteiger partial charge in [-0.15, -0.1) is 0 Å². The molecule has 1 aromatic rings. The Bertz CT molecular complexity index is 501. The SMILES string of the molecule is CN(C)CCCNC(=S)N1CCN(Cc2ccccc2F)CC1. The van der Waals surface area contributed by atoms with Crippen molar-refractivity contribution in [3.8, 4) is 0 Å². The zero-order valence-corrected chi connectivity index (χ0v) is 14.9. The van der Waals surface area contributed by atoms with Gasteiger partial charge in [-0.25, -0.2) is 4.39 Å². The van der Waals surface area contributed by atoms with Gasteiger partial charge in [0.25, 0.3) is 0 Å². The van der Waals surface area contributed by atoms with Crippen LogP contribution in [0.4, 0.5) is 4.39 Å². The predicted molar refractivity (Wildman–Crippen MR) is 97.0 cm³/mol. The molecule has 1 aromatic carbocycles. The molecule has 0 bridgehead atoms. The van der Waals surface area contributed by atoms with E-state index >= 15 is 0 Å². The number of rotatable bonds is 6. The molecular formula is C17H27FN4S. The molecular weight excluding hydrogens is 311 g/mol. The van der Waals surface area contributed by atoms with Gasteiger partial charge in [-0.1, -0.05) is 18.2 Å². The second-order valence-electron chi connectivity index (χ2n) is 6.24. The molecule has 4 nitrogen and oxygen atoms in total. The van der Waals surface area contributed by atoms with Crippen LogP contribution in [0.3, 0.4) is 0 Å². The summed E-state index contributed by atoms with van der Waals surface area (Å²) >= 11 is 5.46. The molecule has 1 N–H and O–H groups in total. The zero-order chi connectivity index (χ0) is 16.7. The van der Waals surface area contributed by atoms with E-state index in [0.29, 0.717) is 6.54 Å². The molecule has 128 valence electrons. The molecule has 0 spiro atoms. The van der Waals surface area contributed by atoms with Crippen molar-refractivity contribution < 1.29 is 4.39 Å². The van der Waals surface area contributed by atoms with Crippen LogP contribution in [0, 0.1) is 5.82 Å². The highest BCUT2D eigenvalue weighted by Gasteiger charge is 2.19. The van der Waals surface area contributed by atoms with Gasteiger partial charge in [0.1, 0.15) is 5.82 Å². The monoisotopic (exact) mass is 338 g/mol. The number of halogens is 1. The van der Waals surface area contributed by atoms with Crippen LogP contribution in [-0.4, -0.2) is 73.2 Å². The van der Waals surface area contributed by atoms with Crippen LogP contribution in [-0.2, 0) is 6.54 Å². The smallest absolute Gasteiger partial charge is 0.169 e. The van der Waals surface area contributed by atoms with E-state index in [-0.39, 0.29) is 5.82 Å². The largest absolute Gasteiger partial charge is 0.363 e. The second-order valence-corrected chi connectivity index (χ2v) is 6.63. The summed E-state index contributed by atoms with van der Waals surface area (Å²) in [6, 6.07) is 7.01. The number of hydrogen-bond donors (Lipinski definition) is 1. The minimum absolute atomic E-state index is 0.118. The Hall–Kier alpha value is -1.24. The Labute approximate surface area is 144 Å². The fourth-order valence-corrected chi connectivity index (χ4v) is 2.96. The zero-order valence-electron chi connectivity index (χ0n) is 14.1. The quantitative estimate of drug-likeness (QED) is 0.629. The van der Waals surface area contributed by atoms with Crippen molar-refractivity contribution in [1.82, 2.24) is 20.0 Å². The van der Waals surface area contributed by atoms with Gasteiger partial charge >= 0.3 is 0 Å². The fraction of sp³-hybridized carbons (Fsp3) is 0.588. The minimum Gasteiger partial charge on any atom is -0.363 e. The van der Waals surface area contributed by atoms with Crippen LogP contribution in [0.2, 0.25) is 0 Å². The predicted octanol–water partition coefficient (Wildman–Crippen LogP) is 1.77. The molecule has 1 saturated heterocycles. The molecule has 0 aromatic heterocycles. The van der Waals surface area contributed by atoms with Gasteiger partial charge in [0, 0.05) is 44.8 Å². The van der Waals surface area contributed by atoms with Crippen LogP contribution in [0.15, 0.2) is 24.3 Å². The highest BCUT2D eigenvalue weighted by atomic mass is 32.1. The summed E-state index contributed by atoms with van der Waals surface area (Å²) in [7, 11) is 4.15. The molecule has 1 aliphatic rings. The lowest BCUT2D eigenvalue weighted by Gasteiger charge is -2.36. The number of hydrogen-bond acceptors (Lipinski definition) is 3. The van der Waals surface area contributed by atoms with Crippen LogP contribution in [0.1, 0.15) is 12.0 Å². The normalized spacial score (nSPS) is 15.9. The molecule has 1 aliphatic heterocycles. The van der Waals surface area contributed by atoms with E-state index in [0.717, 1.165) is 56.4 Å². The van der Waals surface area contributed by atoms with E-state index in [1.165, 1.54) is 6.07 Å². The van der Waals surface area contributed by atoms with Gasteiger partial charge in [-0.3, -0.25) is 4.90 Å². The van der Waals surface area contributed by atoms with Crippen molar-refractivity contribution in [1.29, 1.82) is 0 Å². The third-order valence-electron chi connectivity index (χ3n) is 4.07. The highest BCUT2D eigenvalue weighted by molar-refractivity contribution is 7.80. The van der Waals surface area contributed by atoms with Crippen molar-refractivity contribution in [2.24, 2.45) is 0 Å². The van der Waals surface area contributed by atoms with Crippen molar-refractivity contribution in [3.63, 3.8) is 0 Å². The topological polar surface area (TPSA) is 21.8 Å². The van der Waals surface area contributed by atoms with Crippen molar-refractivity contribution >= 4 is 17.3 Å². The van der Waals surface area contributed by atoms with E-state index in [1.807, 2.05) is 12.1 Å². The first-order valence-electron chi connectivity index (χ1n) is 8.19. The first kappa shape index (κ1) is 18.1. The first-order chi connectivity index (χ1) is 11.1. The lowest BCUT2D eigenvalue weighted by molar-refractivity contribution is 0.173. The van der Waals surface area contributed by atoms with E-state index in [9.17, 15) is 4.39 Å². The number of nitrogens with one attached hydrogen (secondary N) is 1. The Morgan fingerprint density at radius 3 is 2.57 bits per heavy atom. The Morgan fingerprint density at radius 1 is 1.22 bits per heavy atom.